The minimum atomic E-state index is 0.694. The SMILES string of the molecule is CC(C)Cn1cncc1C1CCNCC1. The van der Waals surface area contributed by atoms with Crippen molar-refractivity contribution < 1.29 is 0 Å². The molecule has 0 radical (unpaired) electrons. The van der Waals surface area contributed by atoms with Gasteiger partial charge >= 0.3 is 0 Å². The second-order valence-corrected chi connectivity index (χ2v) is 4.89. The molecule has 2 rings (SSSR count). The average molecular weight is 207 g/mol. The van der Waals surface area contributed by atoms with Crippen LogP contribution < -0.4 is 5.32 Å². The highest BCUT2D eigenvalue weighted by atomic mass is 15.1. The van der Waals surface area contributed by atoms with Crippen molar-refractivity contribution in [3.05, 3.63) is 18.2 Å². The fourth-order valence-electron chi connectivity index (χ4n) is 2.33. The predicted molar refractivity (Wildman–Crippen MR) is 61.9 cm³/mol. The summed E-state index contributed by atoms with van der Waals surface area (Å²) in [6, 6.07) is 0. The largest absolute Gasteiger partial charge is 0.334 e. The van der Waals surface area contributed by atoms with E-state index in [2.05, 4.69) is 34.9 Å². The number of hydrogen-bond donors (Lipinski definition) is 1. The number of hydrogen-bond acceptors (Lipinski definition) is 2. The van der Waals surface area contributed by atoms with Crippen molar-refractivity contribution in [1.29, 1.82) is 0 Å². The summed E-state index contributed by atoms with van der Waals surface area (Å²) in [7, 11) is 0. The maximum atomic E-state index is 4.29. The summed E-state index contributed by atoms with van der Waals surface area (Å²) in [5, 5.41) is 3.41. The van der Waals surface area contributed by atoms with Crippen LogP contribution in [0.5, 0.6) is 0 Å². The minimum Gasteiger partial charge on any atom is -0.334 e. The van der Waals surface area contributed by atoms with E-state index in [1.807, 2.05) is 6.33 Å². The maximum Gasteiger partial charge on any atom is 0.0948 e. The normalized spacial score (nSPS) is 18.6. The third kappa shape index (κ3) is 2.59. The molecule has 0 atom stereocenters. The summed E-state index contributed by atoms with van der Waals surface area (Å²) in [6.45, 7) is 7.91. The van der Waals surface area contributed by atoms with E-state index in [0.717, 1.165) is 19.6 Å². The van der Waals surface area contributed by atoms with E-state index in [-0.39, 0.29) is 0 Å². The number of aromatic nitrogens is 2. The lowest BCUT2D eigenvalue weighted by atomic mass is 9.95. The van der Waals surface area contributed by atoms with Crippen LogP contribution in [0, 0.1) is 5.92 Å². The Bertz CT molecular complexity index is 298. The number of rotatable bonds is 3. The molecule has 0 unspecified atom stereocenters. The number of nitrogens with zero attached hydrogens (tertiary/aromatic N) is 2. The van der Waals surface area contributed by atoms with Crippen LogP contribution in [0.15, 0.2) is 12.5 Å². The van der Waals surface area contributed by atoms with E-state index < -0.39 is 0 Å². The Morgan fingerprint density at radius 3 is 2.87 bits per heavy atom. The van der Waals surface area contributed by atoms with E-state index in [0.29, 0.717) is 11.8 Å². The first-order valence-corrected chi connectivity index (χ1v) is 5.98. The zero-order chi connectivity index (χ0) is 10.7. The molecule has 1 aromatic heterocycles. The Kier molecular flexibility index (Phi) is 3.41. The maximum absolute atomic E-state index is 4.29. The minimum absolute atomic E-state index is 0.694. The Morgan fingerprint density at radius 2 is 2.20 bits per heavy atom. The quantitative estimate of drug-likeness (QED) is 0.821. The monoisotopic (exact) mass is 207 g/mol. The molecular weight excluding hydrogens is 186 g/mol. The van der Waals surface area contributed by atoms with Gasteiger partial charge in [0.05, 0.1) is 6.33 Å². The summed E-state index contributed by atoms with van der Waals surface area (Å²) in [5.74, 6) is 1.41. The highest BCUT2D eigenvalue weighted by Crippen LogP contribution is 2.25. The highest BCUT2D eigenvalue weighted by molar-refractivity contribution is 5.07. The van der Waals surface area contributed by atoms with E-state index in [4.69, 9.17) is 0 Å². The van der Waals surface area contributed by atoms with Crippen molar-refractivity contribution in [3.63, 3.8) is 0 Å². The molecule has 1 aromatic rings. The van der Waals surface area contributed by atoms with E-state index >= 15 is 0 Å². The van der Waals surface area contributed by atoms with Gasteiger partial charge in [0, 0.05) is 24.4 Å². The number of imidazole rings is 1. The van der Waals surface area contributed by atoms with Crippen LogP contribution in [0.25, 0.3) is 0 Å². The molecule has 0 amide bonds. The van der Waals surface area contributed by atoms with Crippen LogP contribution in [-0.2, 0) is 6.54 Å². The van der Waals surface area contributed by atoms with Gasteiger partial charge in [-0.2, -0.15) is 0 Å². The summed E-state index contributed by atoms with van der Waals surface area (Å²) in [5.41, 5.74) is 1.44. The zero-order valence-corrected chi connectivity index (χ0v) is 9.74. The fourth-order valence-corrected chi connectivity index (χ4v) is 2.33. The summed E-state index contributed by atoms with van der Waals surface area (Å²) >= 11 is 0. The molecule has 0 bridgehead atoms. The zero-order valence-electron chi connectivity index (χ0n) is 9.74. The summed E-state index contributed by atoms with van der Waals surface area (Å²) < 4.78 is 2.33. The lowest BCUT2D eigenvalue weighted by Gasteiger charge is -2.24. The Hall–Kier alpha value is -0.830. The van der Waals surface area contributed by atoms with Crippen molar-refractivity contribution in [2.75, 3.05) is 13.1 Å². The van der Waals surface area contributed by atoms with Crippen molar-refractivity contribution in [2.45, 2.75) is 39.2 Å². The van der Waals surface area contributed by atoms with Gasteiger partial charge in [0.2, 0.25) is 0 Å². The summed E-state index contributed by atoms with van der Waals surface area (Å²) in [4.78, 5) is 4.29. The molecular formula is C12H21N3. The topological polar surface area (TPSA) is 29.9 Å². The molecule has 1 aliphatic rings. The molecule has 84 valence electrons. The van der Waals surface area contributed by atoms with Gasteiger partial charge in [-0.3, -0.25) is 0 Å². The first-order chi connectivity index (χ1) is 7.27. The van der Waals surface area contributed by atoms with Gasteiger partial charge in [-0.15, -0.1) is 0 Å². The molecule has 1 N–H and O–H groups in total. The first-order valence-electron chi connectivity index (χ1n) is 5.98. The first kappa shape index (κ1) is 10.7. The van der Waals surface area contributed by atoms with E-state index in [1.165, 1.54) is 18.5 Å². The molecule has 1 fully saturated rings. The molecule has 0 aliphatic carbocycles. The molecule has 2 heterocycles. The van der Waals surface area contributed by atoms with Crippen LogP contribution in [0.3, 0.4) is 0 Å². The summed E-state index contributed by atoms with van der Waals surface area (Å²) in [6.07, 6.45) is 6.54. The lowest BCUT2D eigenvalue weighted by Crippen LogP contribution is -2.27. The van der Waals surface area contributed by atoms with Gasteiger partial charge in [-0.1, -0.05) is 13.8 Å². The highest BCUT2D eigenvalue weighted by Gasteiger charge is 2.18. The van der Waals surface area contributed by atoms with Crippen molar-refractivity contribution in [1.82, 2.24) is 14.9 Å². The number of piperidine rings is 1. The Balaban J connectivity index is 2.09. The van der Waals surface area contributed by atoms with Crippen LogP contribution >= 0.6 is 0 Å². The molecule has 0 spiro atoms. The second kappa shape index (κ2) is 4.79. The molecule has 15 heavy (non-hydrogen) atoms. The lowest BCUT2D eigenvalue weighted by molar-refractivity contribution is 0.424. The average Bonchev–Trinajstić information content (AvgIpc) is 2.66. The van der Waals surface area contributed by atoms with Crippen LogP contribution in [0.2, 0.25) is 0 Å². The van der Waals surface area contributed by atoms with Crippen LogP contribution in [-0.4, -0.2) is 22.6 Å². The van der Waals surface area contributed by atoms with Gasteiger partial charge in [0.1, 0.15) is 0 Å². The molecule has 3 nitrogen and oxygen atoms in total. The van der Waals surface area contributed by atoms with Crippen LogP contribution in [0.1, 0.15) is 38.3 Å². The van der Waals surface area contributed by atoms with Gasteiger partial charge in [0.15, 0.2) is 0 Å². The van der Waals surface area contributed by atoms with E-state index in [9.17, 15) is 0 Å². The number of nitrogens with one attached hydrogen (secondary N) is 1. The molecule has 1 saturated heterocycles. The third-order valence-electron chi connectivity index (χ3n) is 3.06. The molecule has 0 saturated carbocycles. The second-order valence-electron chi connectivity index (χ2n) is 4.89. The van der Waals surface area contributed by atoms with Gasteiger partial charge in [0.25, 0.3) is 0 Å². The van der Waals surface area contributed by atoms with Crippen molar-refractivity contribution >= 4 is 0 Å². The van der Waals surface area contributed by atoms with Gasteiger partial charge in [-0.05, 0) is 31.8 Å². The fraction of sp³-hybridized carbons (Fsp3) is 0.750. The van der Waals surface area contributed by atoms with Crippen molar-refractivity contribution in [2.24, 2.45) is 5.92 Å². The van der Waals surface area contributed by atoms with Crippen LogP contribution in [0.4, 0.5) is 0 Å². The smallest absolute Gasteiger partial charge is 0.0948 e. The Labute approximate surface area is 91.9 Å². The standard InChI is InChI=1S/C12H21N3/c1-10(2)8-15-9-14-7-12(15)11-3-5-13-6-4-11/h7,9-11,13H,3-6,8H2,1-2H3. The molecule has 0 aromatic carbocycles. The Morgan fingerprint density at radius 1 is 1.47 bits per heavy atom. The molecule has 3 heteroatoms. The predicted octanol–water partition coefficient (Wildman–Crippen LogP) is 2.01. The molecule has 1 aliphatic heterocycles. The van der Waals surface area contributed by atoms with E-state index in [1.54, 1.807) is 0 Å². The van der Waals surface area contributed by atoms with Gasteiger partial charge < -0.3 is 9.88 Å². The van der Waals surface area contributed by atoms with Gasteiger partial charge in [-0.25, -0.2) is 4.98 Å². The van der Waals surface area contributed by atoms with Crippen molar-refractivity contribution in [3.8, 4) is 0 Å². The third-order valence-corrected chi connectivity index (χ3v) is 3.06.